The highest BCUT2D eigenvalue weighted by Gasteiger charge is 2.53. The predicted molar refractivity (Wildman–Crippen MR) is 119 cm³/mol. The number of fused-ring (bicyclic) bond motifs is 5. The Morgan fingerprint density at radius 3 is 2.68 bits per heavy atom. The molecular formula is C27H40O. The van der Waals surface area contributed by atoms with Crippen molar-refractivity contribution in [1.82, 2.24) is 0 Å². The molecule has 0 aliphatic heterocycles. The van der Waals surface area contributed by atoms with E-state index in [1.165, 1.54) is 31.3 Å². The molecule has 0 radical (unpaired) electrons. The van der Waals surface area contributed by atoms with Crippen LogP contribution in [0.4, 0.5) is 0 Å². The maximum absolute atomic E-state index is 10.2. The van der Waals surface area contributed by atoms with Crippen LogP contribution in [0, 0.1) is 34.5 Å². The van der Waals surface area contributed by atoms with Gasteiger partial charge in [-0.1, -0.05) is 70.6 Å². The summed E-state index contributed by atoms with van der Waals surface area (Å²) in [6.07, 6.45) is 20.2. The molecule has 0 heterocycles. The zero-order valence-corrected chi connectivity index (χ0v) is 18.7. The van der Waals surface area contributed by atoms with Gasteiger partial charge in [0.1, 0.15) is 0 Å². The molecule has 4 aliphatic carbocycles. The van der Waals surface area contributed by atoms with Crippen molar-refractivity contribution < 1.29 is 5.11 Å². The molecule has 0 saturated heterocycles. The number of hydrogen-bond acceptors (Lipinski definition) is 1. The lowest BCUT2D eigenvalue weighted by Gasteiger charge is -2.50. The molecule has 0 aromatic carbocycles. The summed E-state index contributed by atoms with van der Waals surface area (Å²) < 4.78 is 0. The quantitative estimate of drug-likeness (QED) is 0.520. The summed E-state index contributed by atoms with van der Waals surface area (Å²) in [5.41, 5.74) is 5.28. The number of rotatable bonds is 4. The first-order chi connectivity index (χ1) is 13.3. The van der Waals surface area contributed by atoms with E-state index in [0.717, 1.165) is 31.1 Å². The second-order valence-corrected chi connectivity index (χ2v) is 11.0. The molecule has 28 heavy (non-hydrogen) atoms. The number of aliphatic hydroxyl groups is 1. The maximum Gasteiger partial charge on any atom is 0.0578 e. The number of hydrogen-bond donors (Lipinski definition) is 1. The normalized spacial score (nSPS) is 41.1. The smallest absolute Gasteiger partial charge is 0.0578 e. The second kappa shape index (κ2) is 7.31. The molecule has 1 heteroatoms. The van der Waals surface area contributed by atoms with Crippen LogP contribution in [-0.4, -0.2) is 11.2 Å². The van der Waals surface area contributed by atoms with Crippen LogP contribution in [0.15, 0.2) is 47.1 Å². The zero-order chi connectivity index (χ0) is 20.1. The Kier molecular flexibility index (Phi) is 5.28. The Morgan fingerprint density at radius 2 is 1.93 bits per heavy atom. The Labute approximate surface area is 172 Å². The molecule has 4 aliphatic rings. The van der Waals surface area contributed by atoms with Crippen molar-refractivity contribution in [2.24, 2.45) is 34.5 Å². The van der Waals surface area contributed by atoms with Gasteiger partial charge in [-0.25, -0.2) is 0 Å². The Bertz CT molecular complexity index is 735. The summed E-state index contributed by atoms with van der Waals surface area (Å²) in [5.74, 6) is 2.91. The lowest BCUT2D eigenvalue weighted by Crippen LogP contribution is -2.41. The average Bonchev–Trinajstić information content (AvgIpc) is 2.99. The first kappa shape index (κ1) is 20.2. The van der Waals surface area contributed by atoms with Crippen molar-refractivity contribution >= 4 is 0 Å². The summed E-state index contributed by atoms with van der Waals surface area (Å²) in [5, 5.41) is 10.2. The van der Waals surface area contributed by atoms with E-state index >= 15 is 0 Å². The van der Waals surface area contributed by atoms with E-state index < -0.39 is 0 Å². The minimum Gasteiger partial charge on any atom is -0.393 e. The fourth-order valence-electron chi connectivity index (χ4n) is 6.96. The largest absolute Gasteiger partial charge is 0.393 e. The summed E-state index contributed by atoms with van der Waals surface area (Å²) >= 11 is 0. The maximum atomic E-state index is 10.2. The Balaban J connectivity index is 1.61. The van der Waals surface area contributed by atoms with E-state index in [1.54, 1.807) is 11.1 Å². The van der Waals surface area contributed by atoms with Gasteiger partial charge >= 0.3 is 0 Å². The minimum absolute atomic E-state index is 0.141. The van der Waals surface area contributed by atoms with Crippen molar-refractivity contribution in [2.75, 3.05) is 0 Å². The van der Waals surface area contributed by atoms with Gasteiger partial charge in [-0.3, -0.25) is 0 Å². The van der Waals surface area contributed by atoms with E-state index in [9.17, 15) is 5.11 Å². The van der Waals surface area contributed by atoms with E-state index in [2.05, 4.69) is 65.0 Å². The average molecular weight is 381 g/mol. The van der Waals surface area contributed by atoms with E-state index in [4.69, 9.17) is 0 Å². The molecule has 0 aromatic rings. The van der Waals surface area contributed by atoms with Crippen molar-refractivity contribution in [3.8, 4) is 0 Å². The summed E-state index contributed by atoms with van der Waals surface area (Å²) in [7, 11) is 0. The van der Waals surface area contributed by atoms with Gasteiger partial charge in [0, 0.05) is 5.41 Å². The molecule has 0 amide bonds. The summed E-state index contributed by atoms with van der Waals surface area (Å²) in [4.78, 5) is 0. The number of allylic oxidation sites excluding steroid dienone is 7. The highest BCUT2D eigenvalue weighted by atomic mass is 16.3. The second-order valence-electron chi connectivity index (χ2n) is 11.0. The minimum atomic E-state index is -0.141. The lowest BCUT2D eigenvalue weighted by atomic mass is 9.54. The van der Waals surface area contributed by atoms with Gasteiger partial charge in [0.25, 0.3) is 0 Å². The fourth-order valence-corrected chi connectivity index (χ4v) is 6.96. The third-order valence-corrected chi connectivity index (χ3v) is 8.72. The molecule has 0 spiro atoms. The van der Waals surface area contributed by atoms with Crippen molar-refractivity contribution in [1.29, 1.82) is 0 Å². The summed E-state index contributed by atoms with van der Waals surface area (Å²) in [6, 6.07) is 0. The van der Waals surface area contributed by atoms with Gasteiger partial charge in [-0.15, -0.1) is 0 Å². The van der Waals surface area contributed by atoms with E-state index in [1.807, 2.05) is 0 Å². The molecule has 1 N–H and O–H groups in total. The number of aliphatic hydroxyl groups excluding tert-OH is 1. The molecular weight excluding hydrogens is 340 g/mol. The molecule has 6 atom stereocenters. The molecule has 0 bridgehead atoms. The highest BCUT2D eigenvalue weighted by Crippen LogP contribution is 2.63. The van der Waals surface area contributed by atoms with Gasteiger partial charge in [0.05, 0.1) is 6.10 Å². The monoisotopic (exact) mass is 380 g/mol. The van der Waals surface area contributed by atoms with Crippen LogP contribution in [0.25, 0.3) is 0 Å². The van der Waals surface area contributed by atoms with Crippen molar-refractivity contribution in [2.45, 2.75) is 85.7 Å². The van der Waals surface area contributed by atoms with Crippen LogP contribution < -0.4 is 0 Å². The lowest BCUT2D eigenvalue weighted by molar-refractivity contribution is 0.114. The van der Waals surface area contributed by atoms with Gasteiger partial charge in [-0.05, 0) is 85.2 Å². The fraction of sp³-hybridized carbons (Fsp3) is 0.704. The Morgan fingerprint density at radius 1 is 1.14 bits per heavy atom. The van der Waals surface area contributed by atoms with Crippen LogP contribution in [-0.2, 0) is 0 Å². The SMILES string of the molecule is CC(C)C/C=C/[C@@H](C)[C@H]1CC[C@H]2C3=CC=C4CC(O)CC[C@]4(C)C3=CC[C@]12C. The van der Waals surface area contributed by atoms with Crippen LogP contribution in [0.5, 0.6) is 0 Å². The van der Waals surface area contributed by atoms with Crippen LogP contribution in [0.3, 0.4) is 0 Å². The van der Waals surface area contributed by atoms with Crippen LogP contribution in [0.2, 0.25) is 0 Å². The van der Waals surface area contributed by atoms with Crippen molar-refractivity contribution in [3.63, 3.8) is 0 Å². The van der Waals surface area contributed by atoms with Gasteiger partial charge in [-0.2, -0.15) is 0 Å². The molecule has 154 valence electrons. The third kappa shape index (κ3) is 3.18. The molecule has 0 aromatic heterocycles. The predicted octanol–water partition coefficient (Wildman–Crippen LogP) is 7.00. The van der Waals surface area contributed by atoms with Crippen LogP contribution in [0.1, 0.15) is 79.6 Å². The van der Waals surface area contributed by atoms with Crippen LogP contribution >= 0.6 is 0 Å². The first-order valence-corrected chi connectivity index (χ1v) is 11.7. The molecule has 2 fully saturated rings. The first-order valence-electron chi connectivity index (χ1n) is 11.7. The Hall–Kier alpha value is -1.08. The third-order valence-electron chi connectivity index (χ3n) is 8.72. The molecule has 1 nitrogen and oxygen atoms in total. The standard InChI is InChI=1S/C27H40O/c1-18(2)7-6-8-19(3)23-11-12-24-22-10-9-20-17-21(28)13-15-26(20,4)25(22)14-16-27(23,24)5/h6,8-10,14,18-19,21,23-24,28H,7,11-13,15-17H2,1-5H3/b8-6+/t19-,21?,23-,24+,26+,27-/m1/s1. The van der Waals surface area contributed by atoms with E-state index in [0.29, 0.717) is 17.3 Å². The summed E-state index contributed by atoms with van der Waals surface area (Å²) in [6.45, 7) is 12.1. The van der Waals surface area contributed by atoms with Gasteiger partial charge in [0.15, 0.2) is 0 Å². The topological polar surface area (TPSA) is 20.2 Å². The molecule has 2 saturated carbocycles. The zero-order valence-electron chi connectivity index (χ0n) is 18.7. The van der Waals surface area contributed by atoms with Gasteiger partial charge in [0.2, 0.25) is 0 Å². The van der Waals surface area contributed by atoms with Crippen molar-refractivity contribution in [3.05, 3.63) is 47.1 Å². The highest BCUT2D eigenvalue weighted by molar-refractivity contribution is 5.53. The molecule has 4 rings (SSSR count). The molecule has 1 unspecified atom stereocenters. The van der Waals surface area contributed by atoms with E-state index in [-0.39, 0.29) is 11.5 Å². The van der Waals surface area contributed by atoms with Gasteiger partial charge < -0.3 is 5.11 Å².